The molecule has 0 aliphatic carbocycles. The number of nitrogens with zero attached hydrogens (tertiary/aromatic N) is 1. The summed E-state index contributed by atoms with van der Waals surface area (Å²) in [5, 5.41) is 2.41. The van der Waals surface area contributed by atoms with Gasteiger partial charge in [0, 0.05) is 37.2 Å². The number of likely N-dealkylation sites (tertiary alicyclic amines) is 1. The van der Waals surface area contributed by atoms with Gasteiger partial charge in [-0.15, -0.1) is 0 Å². The van der Waals surface area contributed by atoms with Crippen LogP contribution in [0.3, 0.4) is 0 Å². The van der Waals surface area contributed by atoms with Gasteiger partial charge in [0.2, 0.25) is 6.79 Å². The van der Waals surface area contributed by atoms with E-state index >= 15 is 0 Å². The molecule has 0 spiro atoms. The van der Waals surface area contributed by atoms with Gasteiger partial charge in [-0.3, -0.25) is 4.79 Å². The van der Waals surface area contributed by atoms with Gasteiger partial charge < -0.3 is 29.2 Å². The first-order valence-electron chi connectivity index (χ1n) is 14.0. The molecule has 2 atom stereocenters. The lowest BCUT2D eigenvalue weighted by molar-refractivity contribution is 0.0111. The second-order valence-electron chi connectivity index (χ2n) is 11.5. The Labute approximate surface area is 247 Å². The van der Waals surface area contributed by atoms with Gasteiger partial charge in [-0.2, -0.15) is 0 Å². The molecule has 0 bridgehead atoms. The number of amides is 2. The molecule has 2 aliphatic rings. The SMILES string of the molecule is CC(C)(C)OC(=O)N1CC[C@@H](c2ccc(F)c(C(=O)NCc3c(F)cccc3F)c2)[C@H](COc2ccc3c(c2)OCO3)C1. The average molecular weight is 599 g/mol. The molecule has 2 aliphatic heterocycles. The molecule has 1 N–H and O–H groups in total. The highest BCUT2D eigenvalue weighted by atomic mass is 19.1. The smallest absolute Gasteiger partial charge is 0.410 e. The highest BCUT2D eigenvalue weighted by Gasteiger charge is 2.35. The Morgan fingerprint density at radius 3 is 2.47 bits per heavy atom. The van der Waals surface area contributed by atoms with E-state index in [1.165, 1.54) is 18.2 Å². The Morgan fingerprint density at radius 1 is 0.977 bits per heavy atom. The minimum atomic E-state index is -0.809. The van der Waals surface area contributed by atoms with E-state index in [-0.39, 0.29) is 36.4 Å². The minimum Gasteiger partial charge on any atom is -0.493 e. The summed E-state index contributed by atoms with van der Waals surface area (Å²) in [4.78, 5) is 27.5. The predicted octanol–water partition coefficient (Wildman–Crippen LogP) is 6.18. The summed E-state index contributed by atoms with van der Waals surface area (Å²) < 4.78 is 65.4. The predicted molar refractivity (Wildman–Crippen MR) is 151 cm³/mol. The zero-order valence-corrected chi connectivity index (χ0v) is 24.1. The number of piperidine rings is 1. The standard InChI is InChI=1S/C32H33F3N2O6/c1-32(2,3)43-31(39)37-12-11-22(20(16-37)17-40-21-8-10-28-29(14-21)42-18-41-28)19-7-9-27(35)23(13-19)30(38)36-15-24-25(33)5-4-6-26(24)34/h4-10,13-14,20,22H,11-12,15-18H2,1-3H3,(H,36,38)/t20-,22-/m0/s1. The fourth-order valence-electron chi connectivity index (χ4n) is 5.21. The van der Waals surface area contributed by atoms with Crippen molar-refractivity contribution in [3.8, 4) is 17.2 Å². The van der Waals surface area contributed by atoms with Crippen molar-refractivity contribution < 1.29 is 41.7 Å². The molecule has 0 unspecified atom stereocenters. The first-order valence-corrected chi connectivity index (χ1v) is 14.0. The number of hydrogen-bond acceptors (Lipinski definition) is 6. The second-order valence-corrected chi connectivity index (χ2v) is 11.5. The number of ether oxygens (including phenoxy) is 4. The Balaban J connectivity index is 1.35. The third-order valence-corrected chi connectivity index (χ3v) is 7.34. The zero-order valence-electron chi connectivity index (χ0n) is 24.1. The molecule has 0 radical (unpaired) electrons. The van der Waals surface area contributed by atoms with Crippen molar-refractivity contribution in [2.75, 3.05) is 26.5 Å². The summed E-state index contributed by atoms with van der Waals surface area (Å²) in [6.45, 7) is 5.96. The fourth-order valence-corrected chi connectivity index (χ4v) is 5.21. The van der Waals surface area contributed by atoms with Crippen LogP contribution in [-0.2, 0) is 11.3 Å². The van der Waals surface area contributed by atoms with Gasteiger partial charge in [-0.05, 0) is 75.1 Å². The van der Waals surface area contributed by atoms with E-state index in [9.17, 15) is 22.8 Å². The summed E-state index contributed by atoms with van der Waals surface area (Å²) in [6.07, 6.45) is 0.0558. The van der Waals surface area contributed by atoms with Crippen molar-refractivity contribution in [3.05, 3.63) is 88.7 Å². The van der Waals surface area contributed by atoms with Crippen LogP contribution in [0.15, 0.2) is 54.6 Å². The van der Waals surface area contributed by atoms with E-state index in [2.05, 4.69) is 5.32 Å². The maximum atomic E-state index is 14.8. The van der Waals surface area contributed by atoms with Crippen LogP contribution in [0.5, 0.6) is 17.2 Å². The van der Waals surface area contributed by atoms with Crippen LogP contribution in [0.4, 0.5) is 18.0 Å². The molecule has 1 saturated heterocycles. The molecule has 3 aromatic rings. The first kappa shape index (κ1) is 30.1. The highest BCUT2D eigenvalue weighted by Crippen LogP contribution is 2.38. The molecule has 2 amide bonds. The van der Waals surface area contributed by atoms with Crippen molar-refractivity contribution >= 4 is 12.0 Å². The Morgan fingerprint density at radius 2 is 1.72 bits per heavy atom. The molecule has 228 valence electrons. The number of hydrogen-bond donors (Lipinski definition) is 1. The molecular formula is C32H33F3N2O6. The molecule has 0 aromatic heterocycles. The largest absolute Gasteiger partial charge is 0.493 e. The van der Waals surface area contributed by atoms with Crippen LogP contribution in [0.25, 0.3) is 0 Å². The summed E-state index contributed by atoms with van der Waals surface area (Å²) >= 11 is 0. The number of fused-ring (bicyclic) bond motifs is 1. The molecule has 3 aromatic carbocycles. The van der Waals surface area contributed by atoms with Gasteiger partial charge in [0.15, 0.2) is 11.5 Å². The van der Waals surface area contributed by atoms with E-state index in [1.807, 2.05) is 0 Å². The average Bonchev–Trinajstić information content (AvgIpc) is 3.43. The second kappa shape index (κ2) is 12.4. The van der Waals surface area contributed by atoms with Crippen molar-refractivity contribution in [1.82, 2.24) is 10.2 Å². The minimum absolute atomic E-state index is 0.129. The maximum absolute atomic E-state index is 14.8. The number of carbonyl (C=O) groups is 2. The molecule has 5 rings (SSSR count). The van der Waals surface area contributed by atoms with Crippen LogP contribution in [-0.4, -0.2) is 49.0 Å². The summed E-state index contributed by atoms with van der Waals surface area (Å²) in [5.74, 6) is -1.91. The van der Waals surface area contributed by atoms with E-state index in [1.54, 1.807) is 49.9 Å². The van der Waals surface area contributed by atoms with Gasteiger partial charge in [0.25, 0.3) is 5.91 Å². The number of halogens is 3. The fraction of sp³-hybridized carbons (Fsp3) is 0.375. The molecule has 11 heteroatoms. The monoisotopic (exact) mass is 598 g/mol. The third kappa shape index (κ3) is 7.15. The van der Waals surface area contributed by atoms with Gasteiger partial charge in [-0.1, -0.05) is 12.1 Å². The van der Waals surface area contributed by atoms with Crippen LogP contribution in [0.2, 0.25) is 0 Å². The molecule has 8 nitrogen and oxygen atoms in total. The zero-order chi connectivity index (χ0) is 30.7. The maximum Gasteiger partial charge on any atom is 0.410 e. The van der Waals surface area contributed by atoms with Gasteiger partial charge in [0.05, 0.1) is 12.2 Å². The lowest BCUT2D eigenvalue weighted by Crippen LogP contribution is -2.46. The summed E-state index contributed by atoms with van der Waals surface area (Å²) in [7, 11) is 0. The third-order valence-electron chi connectivity index (χ3n) is 7.34. The molecule has 2 heterocycles. The quantitative estimate of drug-likeness (QED) is 0.350. The van der Waals surface area contributed by atoms with Crippen LogP contribution in [0, 0.1) is 23.4 Å². The van der Waals surface area contributed by atoms with Crippen molar-refractivity contribution in [3.63, 3.8) is 0 Å². The van der Waals surface area contributed by atoms with E-state index < -0.39 is 41.6 Å². The van der Waals surface area contributed by atoms with Crippen molar-refractivity contribution in [2.24, 2.45) is 5.92 Å². The van der Waals surface area contributed by atoms with Crippen LogP contribution >= 0.6 is 0 Å². The number of carbonyl (C=O) groups excluding carboxylic acids is 2. The number of benzene rings is 3. The van der Waals surface area contributed by atoms with Crippen LogP contribution < -0.4 is 19.5 Å². The van der Waals surface area contributed by atoms with Crippen LogP contribution in [0.1, 0.15) is 54.6 Å². The van der Waals surface area contributed by atoms with Crippen molar-refractivity contribution in [1.29, 1.82) is 0 Å². The lowest BCUT2D eigenvalue weighted by Gasteiger charge is -2.39. The number of nitrogens with one attached hydrogen (secondary N) is 1. The Bertz CT molecular complexity index is 1490. The van der Waals surface area contributed by atoms with Gasteiger partial charge in [0.1, 0.15) is 28.8 Å². The summed E-state index contributed by atoms with van der Waals surface area (Å²) in [5.41, 5.74) is -0.564. The van der Waals surface area contributed by atoms with Crippen molar-refractivity contribution in [2.45, 2.75) is 45.3 Å². The number of rotatable bonds is 7. The Kier molecular flexibility index (Phi) is 8.70. The molecule has 0 saturated carbocycles. The van der Waals surface area contributed by atoms with Gasteiger partial charge in [-0.25, -0.2) is 18.0 Å². The first-order chi connectivity index (χ1) is 20.5. The Hall–Kier alpha value is -4.41. The van der Waals surface area contributed by atoms with E-state index in [0.717, 1.165) is 12.1 Å². The highest BCUT2D eigenvalue weighted by molar-refractivity contribution is 5.94. The molecule has 1 fully saturated rings. The van der Waals surface area contributed by atoms with Gasteiger partial charge >= 0.3 is 6.09 Å². The summed E-state index contributed by atoms with van der Waals surface area (Å²) in [6, 6.07) is 12.9. The molecule has 43 heavy (non-hydrogen) atoms. The molecular weight excluding hydrogens is 565 g/mol. The van der Waals surface area contributed by atoms with E-state index in [4.69, 9.17) is 18.9 Å². The normalized spacial score (nSPS) is 17.9. The van der Waals surface area contributed by atoms with E-state index in [0.29, 0.717) is 42.3 Å². The lowest BCUT2D eigenvalue weighted by atomic mass is 9.80. The topological polar surface area (TPSA) is 86.3 Å².